The minimum atomic E-state index is -0.407. The second-order valence-corrected chi connectivity index (χ2v) is 25.4. The van der Waals surface area contributed by atoms with E-state index in [4.69, 9.17) is 31.4 Å². The maximum atomic E-state index is 15.0. The first-order valence-electron chi connectivity index (χ1n) is 33.4. The standard InChI is InChI=1S/C26H29FN6O.C25H27FN6O.C24H25FN6O/c1-3-32-10-12-33(13-11-32)20-7-5-19(6-8-20)31-25-24(28)26(30-16-29-25)34-22-9-4-18-14-17(2)15-21(18)23(22)27;1-16-13-17-3-8-21(22(26)20(17)14-16)33-25-23(27)24(28-15-29-25)30-18-4-6-19(7-5-18)32-11-9-31(2)10-12-32;1-15-12-16-2-7-20(21(25)19(16)13-15)32-24-22(26)23(28-14-29-24)30-17-3-5-18(6-4-17)31-10-8-27-9-11-31/h4-9,15-16H,3,10-14,28H2,1-2H3,(H,29,30,31);3-8,14-15H,9-13,27H2,1-2H3,(H,28,29,30);2-7,13-14,27H,8-12,26H2,1H3,(H,28,29,30). The predicted molar refractivity (Wildman–Crippen MR) is 389 cm³/mol. The van der Waals surface area contributed by atoms with Crippen LogP contribution >= 0.6 is 0 Å². The van der Waals surface area contributed by atoms with Crippen molar-refractivity contribution in [2.45, 2.75) is 47.0 Å². The van der Waals surface area contributed by atoms with Gasteiger partial charge in [-0.3, -0.25) is 0 Å². The summed E-state index contributed by atoms with van der Waals surface area (Å²) in [7, 11) is 2.14. The fraction of sp³-hybridized carbons (Fsp3) is 0.280. The summed E-state index contributed by atoms with van der Waals surface area (Å²) in [5.41, 5.74) is 33.4. The number of fused-ring (bicyclic) bond motifs is 3. The third-order valence-electron chi connectivity index (χ3n) is 18.4. The molecule has 0 bridgehead atoms. The maximum absolute atomic E-state index is 15.0. The second-order valence-electron chi connectivity index (χ2n) is 25.4. The summed E-state index contributed by atoms with van der Waals surface area (Å²) in [6.07, 6.45) is 11.8. The van der Waals surface area contributed by atoms with Crippen LogP contribution in [0.5, 0.6) is 34.9 Å². The van der Waals surface area contributed by atoms with Gasteiger partial charge in [0.25, 0.3) is 0 Å². The Bertz CT molecular complexity index is 4500. The molecule has 3 saturated heterocycles. The molecule has 10 N–H and O–H groups in total. The molecule has 3 aliphatic carbocycles. The molecule has 3 aromatic heterocycles. The number of nitrogens with two attached hydrogens (primary N) is 3. The molecule has 9 aromatic rings. The number of likely N-dealkylation sites (N-methyl/N-ethyl adjacent to an activating group) is 2. The van der Waals surface area contributed by atoms with Gasteiger partial charge in [0, 0.05) is 129 Å². The van der Waals surface area contributed by atoms with E-state index < -0.39 is 17.5 Å². The van der Waals surface area contributed by atoms with Crippen molar-refractivity contribution in [1.82, 2.24) is 45.0 Å². The molecule has 0 atom stereocenters. The molecule has 0 radical (unpaired) electrons. The van der Waals surface area contributed by atoms with E-state index in [0.717, 1.165) is 155 Å². The van der Waals surface area contributed by atoms with Crippen LogP contribution in [0.25, 0.3) is 18.2 Å². The Balaban J connectivity index is 0.000000133. The molecule has 21 nitrogen and oxygen atoms in total. The Kier molecular flexibility index (Phi) is 20.1. The maximum Gasteiger partial charge on any atom is 0.248 e. The number of benzene rings is 6. The van der Waals surface area contributed by atoms with Crippen LogP contribution in [0.15, 0.2) is 145 Å². The van der Waals surface area contributed by atoms with Gasteiger partial charge in [0.1, 0.15) is 36.0 Å². The van der Waals surface area contributed by atoms with Gasteiger partial charge in [-0.25, -0.2) is 28.1 Å². The van der Waals surface area contributed by atoms with Gasteiger partial charge in [0.2, 0.25) is 17.6 Å². The van der Waals surface area contributed by atoms with Gasteiger partial charge in [-0.1, -0.05) is 60.1 Å². The number of allylic oxidation sites excluding steroid dienone is 3. The Morgan fingerprint density at radius 3 is 1.05 bits per heavy atom. The van der Waals surface area contributed by atoms with Crippen LogP contribution in [0.4, 0.5) is 81.8 Å². The number of hydrogen-bond acceptors (Lipinski definition) is 21. The molecule has 24 heteroatoms. The number of piperazine rings is 3. The Morgan fingerprint density at radius 1 is 0.414 bits per heavy atom. The summed E-state index contributed by atoms with van der Waals surface area (Å²) in [5.74, 6) is 0.604. The molecule has 6 aromatic carbocycles. The van der Waals surface area contributed by atoms with E-state index in [-0.39, 0.29) is 52.0 Å². The van der Waals surface area contributed by atoms with Crippen LogP contribution < -0.4 is 67.4 Å². The zero-order valence-electron chi connectivity index (χ0n) is 56.2. The van der Waals surface area contributed by atoms with E-state index in [1.54, 1.807) is 18.2 Å². The van der Waals surface area contributed by atoms with Gasteiger partial charge in [-0.15, -0.1) is 0 Å². The van der Waals surface area contributed by atoms with Crippen molar-refractivity contribution in [3.05, 3.63) is 196 Å². The molecule has 0 spiro atoms. The van der Waals surface area contributed by atoms with Gasteiger partial charge >= 0.3 is 0 Å². The lowest BCUT2D eigenvalue weighted by molar-refractivity contribution is 0.271. The van der Waals surface area contributed by atoms with Crippen LogP contribution in [0.2, 0.25) is 0 Å². The van der Waals surface area contributed by atoms with Crippen LogP contribution in [0, 0.1) is 17.5 Å². The summed E-state index contributed by atoms with van der Waals surface area (Å²) in [6.45, 7) is 21.5. The molecular weight excluding hydrogens is 1260 g/mol. The molecular formula is C75H81F3N18O3. The normalized spacial score (nSPS) is 15.6. The van der Waals surface area contributed by atoms with E-state index in [0.29, 0.717) is 34.1 Å². The highest BCUT2D eigenvalue weighted by Crippen LogP contribution is 2.41. The fourth-order valence-corrected chi connectivity index (χ4v) is 12.8. The van der Waals surface area contributed by atoms with E-state index in [2.05, 4.69) is 126 Å². The average Bonchev–Trinajstić information content (AvgIpc) is 1.86. The van der Waals surface area contributed by atoms with E-state index in [1.165, 1.54) is 36.0 Å². The van der Waals surface area contributed by atoms with Gasteiger partial charge in [-0.2, -0.15) is 15.0 Å². The number of ether oxygens (including phenoxy) is 3. The second kappa shape index (κ2) is 29.8. The smallest absolute Gasteiger partial charge is 0.248 e. The molecule has 0 unspecified atom stereocenters. The number of rotatable bonds is 16. The molecule has 0 saturated carbocycles. The number of anilines is 12. The highest BCUT2D eigenvalue weighted by Gasteiger charge is 2.25. The quantitative estimate of drug-likeness (QED) is 0.0475. The number of nitrogen functional groups attached to an aromatic ring is 3. The highest BCUT2D eigenvalue weighted by atomic mass is 19.1. The Labute approximate surface area is 574 Å². The summed E-state index contributed by atoms with van der Waals surface area (Å²) in [5, 5.41) is 13.0. The van der Waals surface area contributed by atoms with Crippen molar-refractivity contribution in [2.24, 2.45) is 0 Å². The van der Waals surface area contributed by atoms with Crippen LogP contribution in [0.1, 0.15) is 61.1 Å². The zero-order valence-corrected chi connectivity index (χ0v) is 56.2. The summed E-state index contributed by atoms with van der Waals surface area (Å²) in [4.78, 5) is 37.0. The third-order valence-corrected chi connectivity index (χ3v) is 18.4. The topological polar surface area (TPSA) is 247 Å². The first kappa shape index (κ1) is 66.7. The molecule has 6 heterocycles. The number of halogens is 3. The van der Waals surface area contributed by atoms with Crippen LogP contribution in [-0.4, -0.2) is 132 Å². The van der Waals surface area contributed by atoms with Crippen molar-refractivity contribution in [2.75, 3.05) is 140 Å². The first-order valence-corrected chi connectivity index (χ1v) is 33.4. The van der Waals surface area contributed by atoms with Gasteiger partial charge in [0.05, 0.1) is 0 Å². The molecule has 15 rings (SSSR count). The summed E-state index contributed by atoms with van der Waals surface area (Å²) < 4.78 is 62.1. The summed E-state index contributed by atoms with van der Waals surface area (Å²) >= 11 is 0. The predicted octanol–water partition coefficient (Wildman–Crippen LogP) is 13.4. The van der Waals surface area contributed by atoms with Crippen molar-refractivity contribution < 1.29 is 27.4 Å². The van der Waals surface area contributed by atoms with Crippen LogP contribution in [0.3, 0.4) is 0 Å². The molecule has 3 fully saturated rings. The monoisotopic (exact) mass is 1340 g/mol. The van der Waals surface area contributed by atoms with Crippen molar-refractivity contribution in [1.29, 1.82) is 0 Å². The average molecular weight is 1340 g/mol. The lowest BCUT2D eigenvalue weighted by Crippen LogP contribution is -2.46. The van der Waals surface area contributed by atoms with Crippen molar-refractivity contribution >= 4 is 86.9 Å². The van der Waals surface area contributed by atoms with Gasteiger partial charge < -0.3 is 77.2 Å². The Hall–Kier alpha value is -11.0. The van der Waals surface area contributed by atoms with Crippen molar-refractivity contribution in [3.63, 3.8) is 0 Å². The highest BCUT2D eigenvalue weighted by molar-refractivity contribution is 5.77. The molecule has 99 heavy (non-hydrogen) atoms. The molecule has 0 amide bonds. The third kappa shape index (κ3) is 15.4. The number of hydrogen-bond donors (Lipinski definition) is 7. The zero-order chi connectivity index (χ0) is 68.7. The lowest BCUT2D eigenvalue weighted by Gasteiger charge is -2.35. The van der Waals surface area contributed by atoms with Crippen LogP contribution in [-0.2, 0) is 19.3 Å². The van der Waals surface area contributed by atoms with E-state index in [1.807, 2.05) is 93.6 Å². The molecule has 6 aliphatic rings. The summed E-state index contributed by atoms with van der Waals surface area (Å²) in [6, 6.07) is 34.9. The Morgan fingerprint density at radius 2 is 0.727 bits per heavy atom. The lowest BCUT2D eigenvalue weighted by atomic mass is 10.1. The number of nitrogens with zero attached hydrogens (tertiary/aromatic N) is 11. The van der Waals surface area contributed by atoms with Crippen molar-refractivity contribution in [3.8, 4) is 34.9 Å². The van der Waals surface area contributed by atoms with Gasteiger partial charge in [0.15, 0.2) is 52.2 Å². The minimum Gasteiger partial charge on any atom is -0.434 e. The number of aromatic nitrogens is 6. The molecule has 3 aliphatic heterocycles. The van der Waals surface area contributed by atoms with E-state index in [9.17, 15) is 13.2 Å². The van der Waals surface area contributed by atoms with Gasteiger partial charge in [-0.05, 0) is 161 Å². The molecule has 510 valence electrons. The van der Waals surface area contributed by atoms with E-state index >= 15 is 0 Å². The minimum absolute atomic E-state index is 0.0893. The first-order chi connectivity index (χ1) is 48.1. The SMILES string of the molecule is CC1=Cc2c(ccc(Oc3ncnc(Nc4ccc(N5CCN(C)CC5)cc4)c3N)c2F)C1.CC1=Cc2c(ccc(Oc3ncnc(Nc4ccc(N5CCNCC5)cc4)c3N)c2F)C1.CCN1CCN(c2ccc(Nc3ncnc(Oc4ccc5c(c4F)C=C(C)C5)c3N)cc2)CC1. The fourth-order valence-electron chi connectivity index (χ4n) is 12.8. The largest absolute Gasteiger partial charge is 0.434 e. The number of nitrogens with one attached hydrogen (secondary N) is 4.